The minimum absolute atomic E-state index is 0.212. The molecule has 22 heavy (non-hydrogen) atoms. The third-order valence-electron chi connectivity index (χ3n) is 3.39. The lowest BCUT2D eigenvalue weighted by molar-refractivity contribution is 0.628. The van der Waals surface area contributed by atoms with Gasteiger partial charge >= 0.3 is 0 Å². The molecular formula is C18H17FN2S. The fourth-order valence-electron chi connectivity index (χ4n) is 2.21. The Hall–Kier alpha value is -2.04. The van der Waals surface area contributed by atoms with Crippen molar-refractivity contribution < 1.29 is 4.39 Å². The van der Waals surface area contributed by atoms with E-state index in [9.17, 15) is 4.39 Å². The van der Waals surface area contributed by atoms with E-state index in [1.165, 1.54) is 17.7 Å². The zero-order chi connectivity index (χ0) is 15.2. The monoisotopic (exact) mass is 312 g/mol. The maximum atomic E-state index is 12.9. The van der Waals surface area contributed by atoms with Crippen LogP contribution >= 0.6 is 11.3 Å². The zero-order valence-electron chi connectivity index (χ0n) is 12.1. The van der Waals surface area contributed by atoms with Gasteiger partial charge in [0, 0.05) is 12.7 Å². The van der Waals surface area contributed by atoms with E-state index in [0.717, 1.165) is 35.0 Å². The second-order valence-electron chi connectivity index (χ2n) is 5.04. The topological polar surface area (TPSA) is 24.9 Å². The molecule has 112 valence electrons. The van der Waals surface area contributed by atoms with Crippen LogP contribution < -0.4 is 5.32 Å². The summed E-state index contributed by atoms with van der Waals surface area (Å²) in [5, 5.41) is 4.46. The number of nitrogens with zero attached hydrogens (tertiary/aromatic N) is 1. The average Bonchev–Trinajstić information content (AvgIpc) is 3.02. The van der Waals surface area contributed by atoms with Crippen molar-refractivity contribution in [1.82, 2.24) is 10.3 Å². The molecule has 0 bridgehead atoms. The van der Waals surface area contributed by atoms with Gasteiger partial charge in [-0.15, -0.1) is 11.3 Å². The molecule has 2 nitrogen and oxygen atoms in total. The number of hydrogen-bond acceptors (Lipinski definition) is 3. The van der Waals surface area contributed by atoms with E-state index in [2.05, 4.69) is 34.6 Å². The van der Waals surface area contributed by atoms with Crippen LogP contribution in [0.3, 0.4) is 0 Å². The summed E-state index contributed by atoms with van der Waals surface area (Å²) in [6, 6.07) is 17.0. The predicted molar refractivity (Wildman–Crippen MR) is 89.4 cm³/mol. The maximum Gasteiger partial charge on any atom is 0.123 e. The fourth-order valence-corrected chi connectivity index (χ4v) is 3.11. The second kappa shape index (κ2) is 7.29. The highest BCUT2D eigenvalue weighted by Gasteiger charge is 2.04. The van der Waals surface area contributed by atoms with Crippen molar-refractivity contribution >= 4 is 11.3 Å². The van der Waals surface area contributed by atoms with Crippen LogP contribution in [0.1, 0.15) is 10.6 Å². The Morgan fingerprint density at radius 1 is 1.00 bits per heavy atom. The first-order chi connectivity index (χ1) is 10.8. The maximum absolute atomic E-state index is 12.9. The summed E-state index contributed by atoms with van der Waals surface area (Å²) in [5.41, 5.74) is 2.34. The summed E-state index contributed by atoms with van der Waals surface area (Å²) < 4.78 is 12.9. The number of thiazole rings is 1. The Kier molecular flexibility index (Phi) is 4.93. The number of nitrogens with one attached hydrogen (secondary N) is 1. The van der Waals surface area contributed by atoms with Crippen LogP contribution in [-0.2, 0) is 13.0 Å². The first-order valence-corrected chi connectivity index (χ1v) is 8.08. The van der Waals surface area contributed by atoms with Crippen molar-refractivity contribution in [1.29, 1.82) is 0 Å². The smallest absolute Gasteiger partial charge is 0.123 e. The van der Waals surface area contributed by atoms with Gasteiger partial charge in [-0.1, -0.05) is 42.5 Å². The lowest BCUT2D eigenvalue weighted by Gasteiger charge is -2.02. The molecule has 0 saturated heterocycles. The third-order valence-corrected chi connectivity index (χ3v) is 4.44. The summed E-state index contributed by atoms with van der Waals surface area (Å²) in [6.07, 6.45) is 2.86. The van der Waals surface area contributed by atoms with Gasteiger partial charge in [-0.2, -0.15) is 0 Å². The Morgan fingerprint density at radius 3 is 2.55 bits per heavy atom. The van der Waals surface area contributed by atoms with Gasteiger partial charge in [0.2, 0.25) is 0 Å². The molecule has 0 aliphatic rings. The molecule has 1 heterocycles. The van der Waals surface area contributed by atoms with Gasteiger partial charge in [0.25, 0.3) is 0 Å². The molecule has 0 aliphatic carbocycles. The largest absolute Gasteiger partial charge is 0.310 e. The minimum atomic E-state index is -0.212. The normalized spacial score (nSPS) is 10.8. The quantitative estimate of drug-likeness (QED) is 0.687. The molecule has 0 atom stereocenters. The molecule has 3 rings (SSSR count). The average molecular weight is 312 g/mol. The van der Waals surface area contributed by atoms with E-state index >= 15 is 0 Å². The highest BCUT2D eigenvalue weighted by atomic mass is 32.1. The standard InChI is InChI=1S/C18H17FN2S/c19-16-8-6-15(7-9-16)17-12-21-18(22-17)13-20-11-10-14-4-2-1-3-5-14/h1-9,12,20H,10-11,13H2. The molecule has 1 N–H and O–H groups in total. The summed E-state index contributed by atoms with van der Waals surface area (Å²) in [4.78, 5) is 5.49. The number of benzene rings is 2. The van der Waals surface area contributed by atoms with Gasteiger partial charge in [0.1, 0.15) is 10.8 Å². The van der Waals surface area contributed by atoms with Crippen molar-refractivity contribution in [2.24, 2.45) is 0 Å². The molecule has 0 fully saturated rings. The Bertz CT molecular complexity index is 707. The zero-order valence-corrected chi connectivity index (χ0v) is 12.9. The second-order valence-corrected chi connectivity index (χ2v) is 6.15. The van der Waals surface area contributed by atoms with E-state index in [4.69, 9.17) is 0 Å². The van der Waals surface area contributed by atoms with E-state index < -0.39 is 0 Å². The molecule has 3 aromatic rings. The Balaban J connectivity index is 1.50. The van der Waals surface area contributed by atoms with Crippen LogP contribution in [-0.4, -0.2) is 11.5 Å². The third kappa shape index (κ3) is 4.00. The number of hydrogen-bond donors (Lipinski definition) is 1. The van der Waals surface area contributed by atoms with Crippen molar-refractivity contribution in [3.63, 3.8) is 0 Å². The highest BCUT2D eigenvalue weighted by molar-refractivity contribution is 7.15. The molecule has 2 aromatic carbocycles. The van der Waals surface area contributed by atoms with Crippen LogP contribution in [0.2, 0.25) is 0 Å². The summed E-state index contributed by atoms with van der Waals surface area (Å²) in [5.74, 6) is -0.212. The molecule has 0 spiro atoms. The van der Waals surface area contributed by atoms with Crippen molar-refractivity contribution in [2.45, 2.75) is 13.0 Å². The molecule has 1 aromatic heterocycles. The molecule has 0 amide bonds. The van der Waals surface area contributed by atoms with Gasteiger partial charge < -0.3 is 5.32 Å². The Labute approximate surface area is 133 Å². The first-order valence-electron chi connectivity index (χ1n) is 7.26. The molecule has 0 unspecified atom stereocenters. The van der Waals surface area contributed by atoms with Crippen LogP contribution in [0.15, 0.2) is 60.8 Å². The number of halogens is 1. The number of rotatable bonds is 6. The van der Waals surface area contributed by atoms with E-state index in [1.54, 1.807) is 23.5 Å². The van der Waals surface area contributed by atoms with Crippen molar-refractivity contribution in [3.05, 3.63) is 77.2 Å². The first kappa shape index (κ1) is 14.9. The van der Waals surface area contributed by atoms with Crippen molar-refractivity contribution in [3.8, 4) is 10.4 Å². The van der Waals surface area contributed by atoms with Gasteiger partial charge in [0.15, 0.2) is 0 Å². The molecule has 0 saturated carbocycles. The molecule has 4 heteroatoms. The van der Waals surface area contributed by atoms with E-state index in [-0.39, 0.29) is 5.82 Å². The highest BCUT2D eigenvalue weighted by Crippen LogP contribution is 2.26. The molecular weight excluding hydrogens is 295 g/mol. The van der Waals surface area contributed by atoms with E-state index in [0.29, 0.717) is 0 Å². The summed E-state index contributed by atoms with van der Waals surface area (Å²) in [7, 11) is 0. The van der Waals surface area contributed by atoms with Gasteiger partial charge in [-0.3, -0.25) is 0 Å². The number of aromatic nitrogens is 1. The fraction of sp³-hybridized carbons (Fsp3) is 0.167. The van der Waals surface area contributed by atoms with Gasteiger partial charge in [-0.25, -0.2) is 9.37 Å². The van der Waals surface area contributed by atoms with Gasteiger partial charge in [0.05, 0.1) is 4.88 Å². The lowest BCUT2D eigenvalue weighted by Crippen LogP contribution is -2.16. The summed E-state index contributed by atoms with van der Waals surface area (Å²) >= 11 is 1.64. The van der Waals surface area contributed by atoms with Crippen LogP contribution in [0.5, 0.6) is 0 Å². The van der Waals surface area contributed by atoms with Gasteiger partial charge in [-0.05, 0) is 36.2 Å². The van der Waals surface area contributed by atoms with Crippen LogP contribution in [0.4, 0.5) is 4.39 Å². The van der Waals surface area contributed by atoms with Crippen LogP contribution in [0, 0.1) is 5.82 Å². The van der Waals surface area contributed by atoms with Crippen molar-refractivity contribution in [2.75, 3.05) is 6.54 Å². The lowest BCUT2D eigenvalue weighted by atomic mass is 10.1. The van der Waals surface area contributed by atoms with Crippen LogP contribution in [0.25, 0.3) is 10.4 Å². The van der Waals surface area contributed by atoms with E-state index in [1.807, 2.05) is 12.3 Å². The SMILES string of the molecule is Fc1ccc(-c2cnc(CNCCc3ccccc3)s2)cc1. The minimum Gasteiger partial charge on any atom is -0.310 e. The Morgan fingerprint density at radius 2 is 1.77 bits per heavy atom. The molecule has 0 aliphatic heterocycles. The summed E-state index contributed by atoms with van der Waals surface area (Å²) in [6.45, 7) is 1.69. The molecule has 0 radical (unpaired) electrons. The predicted octanol–water partition coefficient (Wildman–Crippen LogP) is 4.28.